The molecule has 7 heteroatoms. The van der Waals surface area contributed by atoms with E-state index in [0.717, 1.165) is 22.9 Å². The molecule has 0 bridgehead atoms. The van der Waals surface area contributed by atoms with Gasteiger partial charge in [0.25, 0.3) is 0 Å². The van der Waals surface area contributed by atoms with Gasteiger partial charge in [0.05, 0.1) is 22.9 Å². The minimum atomic E-state index is -1.56. The predicted molar refractivity (Wildman–Crippen MR) is 89.4 cm³/mol. The van der Waals surface area contributed by atoms with Gasteiger partial charge in [0.15, 0.2) is 5.13 Å². The Bertz CT molecular complexity index is 857. The van der Waals surface area contributed by atoms with E-state index in [9.17, 15) is 14.7 Å². The zero-order valence-corrected chi connectivity index (χ0v) is 14.2. The molecule has 0 saturated heterocycles. The maximum absolute atomic E-state index is 12.2. The first-order chi connectivity index (χ1) is 11.3. The van der Waals surface area contributed by atoms with Crippen LogP contribution in [0.3, 0.4) is 0 Å². The SMILES string of the molecule is CC(=O)N(c1nc(/C=C(\C#N)C(=O)[O-])cs1)c1c(C)cccc1C. The van der Waals surface area contributed by atoms with Gasteiger partial charge in [0, 0.05) is 12.3 Å². The van der Waals surface area contributed by atoms with Crippen molar-refractivity contribution in [3.05, 3.63) is 46.0 Å². The van der Waals surface area contributed by atoms with E-state index < -0.39 is 11.5 Å². The summed E-state index contributed by atoms with van der Waals surface area (Å²) >= 11 is 1.19. The number of rotatable bonds is 4. The van der Waals surface area contributed by atoms with Crippen LogP contribution in [0.5, 0.6) is 0 Å². The lowest BCUT2D eigenvalue weighted by atomic mass is 10.1. The lowest BCUT2D eigenvalue weighted by molar-refractivity contribution is -0.298. The smallest absolute Gasteiger partial charge is 0.230 e. The normalized spacial score (nSPS) is 11.0. The highest BCUT2D eigenvalue weighted by Gasteiger charge is 2.21. The van der Waals surface area contributed by atoms with Gasteiger partial charge in [-0.3, -0.25) is 9.69 Å². The average Bonchev–Trinajstić information content (AvgIpc) is 2.96. The molecule has 0 aliphatic heterocycles. The molecule has 2 aromatic rings. The number of carboxylic acid groups (broad SMARTS) is 1. The number of amides is 1. The van der Waals surface area contributed by atoms with E-state index in [1.165, 1.54) is 23.2 Å². The fraction of sp³-hybridized carbons (Fsp3) is 0.176. The number of aliphatic carboxylic acids is 1. The molecule has 0 unspecified atom stereocenters. The van der Waals surface area contributed by atoms with Crippen molar-refractivity contribution in [3.63, 3.8) is 0 Å². The third-order valence-electron chi connectivity index (χ3n) is 3.31. The molecule has 2 rings (SSSR count). The third-order valence-corrected chi connectivity index (χ3v) is 4.16. The van der Waals surface area contributed by atoms with E-state index >= 15 is 0 Å². The Morgan fingerprint density at radius 2 is 1.96 bits per heavy atom. The Morgan fingerprint density at radius 3 is 2.46 bits per heavy atom. The summed E-state index contributed by atoms with van der Waals surface area (Å²) in [4.78, 5) is 28.7. The van der Waals surface area contributed by atoms with Crippen LogP contribution in [-0.4, -0.2) is 16.9 Å². The summed E-state index contributed by atoms with van der Waals surface area (Å²) in [5.74, 6) is -1.78. The van der Waals surface area contributed by atoms with E-state index in [2.05, 4.69) is 4.98 Å². The van der Waals surface area contributed by atoms with Crippen LogP contribution in [0.1, 0.15) is 23.7 Å². The van der Waals surface area contributed by atoms with Gasteiger partial charge in [0.1, 0.15) is 6.07 Å². The largest absolute Gasteiger partial charge is 0.544 e. The van der Waals surface area contributed by atoms with Gasteiger partial charge < -0.3 is 9.90 Å². The number of nitrogens with zero attached hydrogens (tertiary/aromatic N) is 3. The van der Waals surface area contributed by atoms with Crippen molar-refractivity contribution in [3.8, 4) is 6.07 Å². The summed E-state index contributed by atoms with van der Waals surface area (Å²) in [6, 6.07) is 7.25. The standard InChI is InChI=1S/C17H15N3O3S/c1-10-5-4-6-11(2)15(10)20(12(3)21)17-19-14(9-24-17)7-13(8-18)16(22)23/h4-7,9H,1-3H3,(H,22,23)/p-1/b13-7+. The molecular formula is C17H14N3O3S-. The Morgan fingerprint density at radius 1 is 1.33 bits per heavy atom. The van der Waals surface area contributed by atoms with E-state index in [0.29, 0.717) is 5.13 Å². The number of aryl methyl sites for hydroxylation is 2. The number of para-hydroxylation sites is 1. The van der Waals surface area contributed by atoms with Crippen LogP contribution in [0, 0.1) is 25.2 Å². The number of benzene rings is 1. The first kappa shape index (κ1) is 17.4. The second-order valence-corrected chi connectivity index (χ2v) is 5.94. The second kappa shape index (κ2) is 7.06. The van der Waals surface area contributed by atoms with E-state index in [4.69, 9.17) is 5.26 Å². The summed E-state index contributed by atoms with van der Waals surface area (Å²) in [7, 11) is 0. The van der Waals surface area contributed by atoms with Crippen molar-refractivity contribution in [1.29, 1.82) is 5.26 Å². The molecule has 24 heavy (non-hydrogen) atoms. The number of nitriles is 1. The third kappa shape index (κ3) is 3.50. The Balaban J connectivity index is 2.51. The molecule has 0 aliphatic carbocycles. The van der Waals surface area contributed by atoms with Crippen molar-refractivity contribution in [1.82, 2.24) is 4.98 Å². The number of carbonyl (C=O) groups is 2. The molecule has 0 saturated carbocycles. The second-order valence-electron chi connectivity index (χ2n) is 5.11. The zero-order chi connectivity index (χ0) is 17.9. The van der Waals surface area contributed by atoms with Gasteiger partial charge in [-0.2, -0.15) is 5.26 Å². The minimum Gasteiger partial charge on any atom is -0.544 e. The molecule has 0 radical (unpaired) electrons. The topological polar surface area (TPSA) is 97.1 Å². The quantitative estimate of drug-likeness (QED) is 0.627. The maximum atomic E-state index is 12.2. The molecule has 0 aliphatic rings. The Kier molecular flexibility index (Phi) is 5.11. The molecule has 6 nitrogen and oxygen atoms in total. The van der Waals surface area contributed by atoms with Crippen LogP contribution in [0.15, 0.2) is 29.2 Å². The van der Waals surface area contributed by atoms with Crippen molar-refractivity contribution < 1.29 is 14.7 Å². The Labute approximate surface area is 143 Å². The molecular weight excluding hydrogens is 326 g/mol. The average molecular weight is 340 g/mol. The Hall–Kier alpha value is -2.98. The molecule has 0 fully saturated rings. The first-order valence-electron chi connectivity index (χ1n) is 7.00. The highest BCUT2D eigenvalue weighted by atomic mass is 32.1. The molecule has 0 atom stereocenters. The summed E-state index contributed by atoms with van der Waals surface area (Å²) in [6.07, 6.45) is 1.12. The van der Waals surface area contributed by atoms with Crippen molar-refractivity contribution in [2.24, 2.45) is 0 Å². The van der Waals surface area contributed by atoms with Gasteiger partial charge in [0.2, 0.25) is 5.91 Å². The van der Waals surface area contributed by atoms with Crippen LogP contribution in [0.4, 0.5) is 10.8 Å². The minimum absolute atomic E-state index is 0.210. The zero-order valence-electron chi connectivity index (χ0n) is 13.4. The fourth-order valence-corrected chi connectivity index (χ4v) is 3.11. The lowest BCUT2D eigenvalue weighted by Gasteiger charge is -2.22. The first-order valence-corrected chi connectivity index (χ1v) is 7.88. The van der Waals surface area contributed by atoms with Crippen molar-refractivity contribution in [2.75, 3.05) is 4.90 Å². The number of carboxylic acids is 1. The molecule has 0 spiro atoms. The summed E-state index contributed by atoms with van der Waals surface area (Å²) < 4.78 is 0. The molecule has 1 aromatic carbocycles. The highest BCUT2D eigenvalue weighted by Crippen LogP contribution is 2.34. The summed E-state index contributed by atoms with van der Waals surface area (Å²) in [5.41, 5.74) is 2.35. The van der Waals surface area contributed by atoms with Crippen LogP contribution < -0.4 is 10.0 Å². The highest BCUT2D eigenvalue weighted by molar-refractivity contribution is 7.14. The van der Waals surface area contributed by atoms with E-state index in [-0.39, 0.29) is 11.6 Å². The van der Waals surface area contributed by atoms with Crippen molar-refractivity contribution in [2.45, 2.75) is 20.8 Å². The molecule has 1 amide bonds. The molecule has 122 valence electrons. The number of aromatic nitrogens is 1. The van der Waals surface area contributed by atoms with Crippen LogP contribution in [0.2, 0.25) is 0 Å². The summed E-state index contributed by atoms with van der Waals surface area (Å²) in [5, 5.41) is 21.6. The number of hydrogen-bond acceptors (Lipinski definition) is 6. The lowest BCUT2D eigenvalue weighted by Crippen LogP contribution is -2.24. The van der Waals surface area contributed by atoms with Crippen LogP contribution in [0.25, 0.3) is 6.08 Å². The fourth-order valence-electron chi connectivity index (χ4n) is 2.28. The number of thiazole rings is 1. The van der Waals surface area contributed by atoms with E-state index in [1.807, 2.05) is 32.0 Å². The maximum Gasteiger partial charge on any atom is 0.230 e. The van der Waals surface area contributed by atoms with Gasteiger partial charge in [-0.1, -0.05) is 18.2 Å². The van der Waals surface area contributed by atoms with Gasteiger partial charge in [-0.25, -0.2) is 4.98 Å². The molecule has 0 N–H and O–H groups in total. The number of carbonyl (C=O) groups excluding carboxylic acids is 2. The predicted octanol–water partition coefficient (Wildman–Crippen LogP) is 2.10. The number of hydrogen-bond donors (Lipinski definition) is 0. The van der Waals surface area contributed by atoms with Crippen LogP contribution >= 0.6 is 11.3 Å². The van der Waals surface area contributed by atoms with Crippen LogP contribution in [-0.2, 0) is 9.59 Å². The van der Waals surface area contributed by atoms with Gasteiger partial charge >= 0.3 is 0 Å². The monoisotopic (exact) mass is 340 g/mol. The molecule has 1 aromatic heterocycles. The van der Waals surface area contributed by atoms with Gasteiger partial charge in [-0.05, 0) is 31.1 Å². The van der Waals surface area contributed by atoms with Crippen molar-refractivity contribution >= 4 is 40.1 Å². The number of anilines is 2. The summed E-state index contributed by atoms with van der Waals surface area (Å²) in [6.45, 7) is 5.23. The van der Waals surface area contributed by atoms with E-state index in [1.54, 1.807) is 11.4 Å². The molecule has 1 heterocycles. The van der Waals surface area contributed by atoms with Gasteiger partial charge in [-0.15, -0.1) is 11.3 Å².